The zero-order chi connectivity index (χ0) is 4.12. The molecule has 4 N–H and O–H groups in total. The molecule has 0 fully saturated rings. The van der Waals surface area contributed by atoms with Crippen LogP contribution in [-0.2, 0) is 4.79 Å². The van der Waals surface area contributed by atoms with E-state index < -0.39 is 0 Å². The van der Waals surface area contributed by atoms with Crippen LogP contribution in [0.2, 0.25) is 0 Å². The number of nitrogens with one attached hydrogen (secondary N) is 2. The van der Waals surface area contributed by atoms with Crippen LogP contribution < -0.4 is 16.8 Å². The molecule has 0 aliphatic heterocycles. The summed E-state index contributed by atoms with van der Waals surface area (Å²) in [6, 6.07) is 0. The molecule has 4 nitrogen and oxygen atoms in total. The number of hydrogen-bond acceptors (Lipinski definition) is 3. The third-order valence-corrected chi connectivity index (χ3v) is 0.142. The third kappa shape index (κ3) is 3.39. The quantitative estimate of drug-likeness (QED) is 0.204. The lowest BCUT2D eigenvalue weighted by atomic mass is 11.4. The summed E-state index contributed by atoms with van der Waals surface area (Å²) < 4.78 is 0. The zero-order valence-corrected chi connectivity index (χ0v) is 2.56. The number of nitrogens with two attached hydrogens (primary N) is 1. The molecular formula is CH5N3O. The van der Waals surface area contributed by atoms with Crippen molar-refractivity contribution in [1.82, 2.24) is 11.0 Å². The van der Waals surface area contributed by atoms with E-state index in [0.29, 0.717) is 6.41 Å². The van der Waals surface area contributed by atoms with Gasteiger partial charge in [0.05, 0.1) is 0 Å². The number of rotatable bonds is 2. The van der Waals surface area contributed by atoms with Gasteiger partial charge in [-0.2, -0.15) is 5.53 Å². The average Bonchev–Trinajstić information content (AvgIpc) is 1.41. The fourth-order valence-electron chi connectivity index (χ4n) is 0.0340. The highest BCUT2D eigenvalue weighted by Crippen LogP contribution is 1.09. The summed E-state index contributed by atoms with van der Waals surface area (Å²) in [4.78, 5) is 9.15. The summed E-state index contributed by atoms with van der Waals surface area (Å²) in [5.41, 5.74) is 3.86. The number of carbonyl (C=O) groups is 1. The second-order valence-electron chi connectivity index (χ2n) is 0.407. The molecule has 0 atom stereocenters. The molecule has 0 radical (unpaired) electrons. The van der Waals surface area contributed by atoms with E-state index in [2.05, 4.69) is 5.84 Å². The molecule has 0 aromatic heterocycles. The van der Waals surface area contributed by atoms with Crippen LogP contribution >= 0.6 is 0 Å². The van der Waals surface area contributed by atoms with Gasteiger partial charge in [0.15, 0.2) is 0 Å². The molecule has 0 aliphatic rings. The molecule has 0 heterocycles. The van der Waals surface area contributed by atoms with E-state index in [1.54, 1.807) is 0 Å². The van der Waals surface area contributed by atoms with Gasteiger partial charge in [0, 0.05) is 0 Å². The number of carbonyl (C=O) groups excluding carboxylic acids is 1. The summed E-state index contributed by atoms with van der Waals surface area (Å²) in [6.45, 7) is 0. The Morgan fingerprint density at radius 1 is 1.80 bits per heavy atom. The molecular weight excluding hydrogens is 70.0 g/mol. The largest absolute Gasteiger partial charge is 0.281 e. The Morgan fingerprint density at radius 3 is 2.40 bits per heavy atom. The van der Waals surface area contributed by atoms with Crippen LogP contribution in [0.5, 0.6) is 0 Å². The standard InChI is InChI=1S/CH5N3O/c2-4-3-1-5/h1,4H,2H2,(H,3,5). The van der Waals surface area contributed by atoms with Crippen LogP contribution in [-0.4, -0.2) is 6.41 Å². The Balaban J connectivity index is 2.40. The van der Waals surface area contributed by atoms with Gasteiger partial charge in [-0.15, -0.1) is 0 Å². The molecule has 30 valence electrons. The molecule has 4 heteroatoms. The molecule has 0 unspecified atom stereocenters. The van der Waals surface area contributed by atoms with Crippen LogP contribution in [0.3, 0.4) is 0 Å². The molecule has 0 saturated carbocycles. The predicted molar refractivity (Wildman–Crippen MR) is 16.5 cm³/mol. The minimum absolute atomic E-state index is 0.444. The Labute approximate surface area is 29.3 Å². The first-order valence-electron chi connectivity index (χ1n) is 1.06. The Bertz CT molecular complexity index is 28.1. The molecule has 0 rings (SSSR count). The van der Waals surface area contributed by atoms with Crippen molar-refractivity contribution in [3.8, 4) is 0 Å². The van der Waals surface area contributed by atoms with E-state index in [0.717, 1.165) is 0 Å². The van der Waals surface area contributed by atoms with Crippen molar-refractivity contribution in [2.24, 2.45) is 5.84 Å². The fourth-order valence-corrected chi connectivity index (χ4v) is 0.0340. The van der Waals surface area contributed by atoms with Crippen LogP contribution in [0.25, 0.3) is 0 Å². The zero-order valence-electron chi connectivity index (χ0n) is 2.56. The highest BCUT2D eigenvalue weighted by molar-refractivity contribution is 5.44. The van der Waals surface area contributed by atoms with Gasteiger partial charge >= 0.3 is 0 Å². The van der Waals surface area contributed by atoms with Gasteiger partial charge in [0.1, 0.15) is 0 Å². The minimum Gasteiger partial charge on any atom is -0.281 e. The van der Waals surface area contributed by atoms with Crippen molar-refractivity contribution >= 4 is 6.41 Å². The van der Waals surface area contributed by atoms with Gasteiger partial charge in [0.2, 0.25) is 6.41 Å². The van der Waals surface area contributed by atoms with E-state index >= 15 is 0 Å². The molecule has 0 saturated heterocycles. The van der Waals surface area contributed by atoms with Gasteiger partial charge in [-0.1, -0.05) is 0 Å². The van der Waals surface area contributed by atoms with Gasteiger partial charge in [-0.3, -0.25) is 16.1 Å². The smallest absolute Gasteiger partial charge is 0.222 e. The Hall–Kier alpha value is -0.610. The molecule has 0 bridgehead atoms. The Kier molecular flexibility index (Phi) is 2.98. The molecule has 0 aliphatic carbocycles. The van der Waals surface area contributed by atoms with Gasteiger partial charge in [-0.25, -0.2) is 0 Å². The van der Waals surface area contributed by atoms with Crippen LogP contribution in [0.15, 0.2) is 0 Å². The topological polar surface area (TPSA) is 67.2 Å². The molecule has 0 spiro atoms. The van der Waals surface area contributed by atoms with Crippen molar-refractivity contribution in [3.05, 3.63) is 0 Å². The normalized spacial score (nSPS) is 6.60. The van der Waals surface area contributed by atoms with E-state index in [1.807, 2.05) is 11.0 Å². The second-order valence-corrected chi connectivity index (χ2v) is 0.407. The molecule has 0 aromatic rings. The fraction of sp³-hybridized carbons (Fsp3) is 0. The van der Waals surface area contributed by atoms with Crippen LogP contribution in [0.4, 0.5) is 0 Å². The molecule has 5 heavy (non-hydrogen) atoms. The van der Waals surface area contributed by atoms with Crippen LogP contribution in [0.1, 0.15) is 0 Å². The number of hydrazine groups is 2. The van der Waals surface area contributed by atoms with Crippen molar-refractivity contribution in [2.75, 3.05) is 0 Å². The SMILES string of the molecule is NNNC=O. The number of amides is 1. The average molecular weight is 75.1 g/mol. The third-order valence-electron chi connectivity index (χ3n) is 0.142. The Morgan fingerprint density at radius 2 is 2.40 bits per heavy atom. The van der Waals surface area contributed by atoms with Crippen molar-refractivity contribution in [2.45, 2.75) is 0 Å². The highest BCUT2D eigenvalue weighted by Gasteiger charge is 1.54. The van der Waals surface area contributed by atoms with Crippen molar-refractivity contribution in [1.29, 1.82) is 0 Å². The van der Waals surface area contributed by atoms with E-state index in [-0.39, 0.29) is 0 Å². The van der Waals surface area contributed by atoms with E-state index in [1.165, 1.54) is 0 Å². The maximum absolute atomic E-state index is 9.15. The van der Waals surface area contributed by atoms with Crippen LogP contribution in [0, 0.1) is 0 Å². The van der Waals surface area contributed by atoms with Gasteiger partial charge in [0.25, 0.3) is 0 Å². The monoisotopic (exact) mass is 75.0 g/mol. The van der Waals surface area contributed by atoms with Crippen molar-refractivity contribution < 1.29 is 4.79 Å². The lowest BCUT2D eigenvalue weighted by Gasteiger charge is -1.83. The lowest BCUT2D eigenvalue weighted by molar-refractivity contribution is -0.110. The minimum atomic E-state index is 0.444. The van der Waals surface area contributed by atoms with E-state index in [9.17, 15) is 0 Å². The van der Waals surface area contributed by atoms with Gasteiger partial charge < -0.3 is 0 Å². The second kappa shape index (κ2) is 3.39. The van der Waals surface area contributed by atoms with E-state index in [4.69, 9.17) is 4.79 Å². The number of hydrogen-bond donors (Lipinski definition) is 3. The highest BCUT2D eigenvalue weighted by atomic mass is 16.1. The maximum Gasteiger partial charge on any atom is 0.222 e. The summed E-state index contributed by atoms with van der Waals surface area (Å²) in [6.07, 6.45) is 0.444. The molecule has 0 aromatic carbocycles. The maximum atomic E-state index is 9.15. The summed E-state index contributed by atoms with van der Waals surface area (Å²) in [7, 11) is 0. The first-order valence-corrected chi connectivity index (χ1v) is 1.06. The summed E-state index contributed by atoms with van der Waals surface area (Å²) in [5.74, 6) is 4.55. The summed E-state index contributed by atoms with van der Waals surface area (Å²) >= 11 is 0. The van der Waals surface area contributed by atoms with Crippen molar-refractivity contribution in [3.63, 3.8) is 0 Å². The first kappa shape index (κ1) is 4.39. The lowest BCUT2D eigenvalue weighted by Crippen LogP contribution is -2.36. The molecule has 1 amide bonds. The van der Waals surface area contributed by atoms with Gasteiger partial charge in [-0.05, 0) is 0 Å². The summed E-state index contributed by atoms with van der Waals surface area (Å²) in [5, 5.41) is 0. The predicted octanol–water partition coefficient (Wildman–Crippen LogP) is -1.89. The first-order chi connectivity index (χ1) is 2.41.